The third-order valence-electron chi connectivity index (χ3n) is 4.21. The second kappa shape index (κ2) is 8.55. The molecule has 0 unspecified atom stereocenters. The fraction of sp³-hybridized carbons (Fsp3) is 0.294. The molecule has 1 saturated heterocycles. The van der Waals surface area contributed by atoms with Crippen LogP contribution in [-0.4, -0.2) is 65.4 Å². The standard InChI is InChI=1S/C17H18N6O3S2/c18-10-13-11-20-17(21-16(13)19)27-12-15(24)22-6-8-23(9-7-22)28(25,26)14-4-2-1-3-5-14/h1-5,11H,6-9,12H2,(H2,19,20,21). The van der Waals surface area contributed by atoms with Crippen LogP contribution in [0.25, 0.3) is 0 Å². The number of nitrogens with two attached hydrogens (primary N) is 1. The first-order chi connectivity index (χ1) is 13.4. The average Bonchev–Trinajstić information content (AvgIpc) is 2.73. The summed E-state index contributed by atoms with van der Waals surface area (Å²) in [4.78, 5) is 22.3. The lowest BCUT2D eigenvalue weighted by Crippen LogP contribution is -2.50. The number of hydrogen-bond donors (Lipinski definition) is 1. The number of piperazine rings is 1. The van der Waals surface area contributed by atoms with Crippen LogP contribution in [0.3, 0.4) is 0 Å². The summed E-state index contributed by atoms with van der Waals surface area (Å²) in [5, 5.41) is 9.14. The quantitative estimate of drug-likeness (QED) is 0.550. The van der Waals surface area contributed by atoms with Crippen molar-refractivity contribution in [1.29, 1.82) is 5.26 Å². The molecule has 0 bridgehead atoms. The largest absolute Gasteiger partial charge is 0.382 e. The zero-order valence-electron chi connectivity index (χ0n) is 14.9. The Morgan fingerprint density at radius 3 is 2.50 bits per heavy atom. The Labute approximate surface area is 167 Å². The van der Waals surface area contributed by atoms with Crippen molar-refractivity contribution in [3.63, 3.8) is 0 Å². The molecule has 0 radical (unpaired) electrons. The maximum atomic E-state index is 12.6. The van der Waals surface area contributed by atoms with Crippen LogP contribution in [0.1, 0.15) is 5.56 Å². The molecule has 0 saturated carbocycles. The first-order valence-electron chi connectivity index (χ1n) is 8.40. The van der Waals surface area contributed by atoms with Crippen molar-refractivity contribution in [3.8, 4) is 6.07 Å². The number of thioether (sulfide) groups is 1. The number of anilines is 1. The van der Waals surface area contributed by atoms with E-state index in [1.165, 1.54) is 10.5 Å². The molecular weight excluding hydrogens is 400 g/mol. The predicted octanol–water partition coefficient (Wildman–Crippen LogP) is 0.556. The molecule has 1 fully saturated rings. The van der Waals surface area contributed by atoms with E-state index in [1.54, 1.807) is 35.2 Å². The second-order valence-corrected chi connectivity index (χ2v) is 8.83. The molecule has 0 spiro atoms. The summed E-state index contributed by atoms with van der Waals surface area (Å²) in [7, 11) is -3.55. The van der Waals surface area contributed by atoms with Gasteiger partial charge in [0, 0.05) is 26.2 Å². The minimum atomic E-state index is -3.55. The van der Waals surface area contributed by atoms with Gasteiger partial charge in [-0.2, -0.15) is 9.57 Å². The Morgan fingerprint density at radius 1 is 1.21 bits per heavy atom. The van der Waals surface area contributed by atoms with Crippen LogP contribution in [0.4, 0.5) is 5.82 Å². The third-order valence-corrected chi connectivity index (χ3v) is 6.97. The number of amides is 1. The monoisotopic (exact) mass is 418 g/mol. The third kappa shape index (κ3) is 4.41. The number of nitriles is 1. The van der Waals surface area contributed by atoms with Gasteiger partial charge in [-0.1, -0.05) is 30.0 Å². The van der Waals surface area contributed by atoms with Crippen molar-refractivity contribution < 1.29 is 13.2 Å². The first-order valence-corrected chi connectivity index (χ1v) is 10.8. The van der Waals surface area contributed by atoms with E-state index in [9.17, 15) is 13.2 Å². The lowest BCUT2D eigenvalue weighted by atomic mass is 10.3. The van der Waals surface area contributed by atoms with Crippen molar-refractivity contribution in [2.75, 3.05) is 37.7 Å². The highest BCUT2D eigenvalue weighted by Crippen LogP contribution is 2.19. The molecule has 0 atom stereocenters. The molecule has 2 aromatic rings. The van der Waals surface area contributed by atoms with Crippen molar-refractivity contribution in [2.24, 2.45) is 0 Å². The Morgan fingerprint density at radius 2 is 1.89 bits per heavy atom. The highest BCUT2D eigenvalue weighted by molar-refractivity contribution is 7.99. The summed E-state index contributed by atoms with van der Waals surface area (Å²) < 4.78 is 26.6. The van der Waals surface area contributed by atoms with E-state index in [2.05, 4.69) is 9.97 Å². The van der Waals surface area contributed by atoms with Gasteiger partial charge >= 0.3 is 0 Å². The summed E-state index contributed by atoms with van der Waals surface area (Å²) in [6.45, 7) is 1.13. The average molecular weight is 419 g/mol. The van der Waals surface area contributed by atoms with Crippen LogP contribution in [-0.2, 0) is 14.8 Å². The number of rotatable bonds is 5. The molecule has 1 aliphatic heterocycles. The number of carbonyl (C=O) groups excluding carboxylic acids is 1. The van der Waals surface area contributed by atoms with E-state index in [4.69, 9.17) is 11.0 Å². The molecule has 2 heterocycles. The summed E-state index contributed by atoms with van der Waals surface area (Å²) in [5.74, 6) is 0.0528. The summed E-state index contributed by atoms with van der Waals surface area (Å²) in [5.41, 5.74) is 5.83. The summed E-state index contributed by atoms with van der Waals surface area (Å²) >= 11 is 1.12. The van der Waals surface area contributed by atoms with Crippen LogP contribution >= 0.6 is 11.8 Å². The molecule has 11 heteroatoms. The fourth-order valence-corrected chi connectivity index (χ4v) is 4.84. The van der Waals surface area contributed by atoms with E-state index < -0.39 is 10.0 Å². The van der Waals surface area contributed by atoms with Gasteiger partial charge in [0.05, 0.1) is 16.8 Å². The molecular formula is C17H18N6O3S2. The second-order valence-electron chi connectivity index (χ2n) is 5.95. The van der Waals surface area contributed by atoms with Gasteiger partial charge in [-0.3, -0.25) is 4.79 Å². The molecule has 28 heavy (non-hydrogen) atoms. The number of benzene rings is 1. The zero-order valence-corrected chi connectivity index (χ0v) is 16.5. The van der Waals surface area contributed by atoms with Crippen LogP contribution in [0.15, 0.2) is 46.6 Å². The first kappa shape index (κ1) is 20.1. The van der Waals surface area contributed by atoms with Crippen molar-refractivity contribution in [3.05, 3.63) is 42.1 Å². The number of hydrogen-bond acceptors (Lipinski definition) is 8. The van der Waals surface area contributed by atoms with Crippen LogP contribution in [0.2, 0.25) is 0 Å². The molecule has 0 aliphatic carbocycles. The Balaban J connectivity index is 1.54. The number of carbonyl (C=O) groups is 1. The SMILES string of the molecule is N#Cc1cnc(SCC(=O)N2CCN(S(=O)(=O)c3ccccc3)CC2)nc1N. The molecule has 1 aromatic carbocycles. The molecule has 9 nitrogen and oxygen atoms in total. The van der Waals surface area contributed by atoms with Crippen molar-refractivity contribution in [2.45, 2.75) is 10.1 Å². The maximum absolute atomic E-state index is 12.6. The molecule has 2 N–H and O–H groups in total. The van der Waals surface area contributed by atoms with Gasteiger partial charge in [0.2, 0.25) is 15.9 Å². The van der Waals surface area contributed by atoms with Crippen LogP contribution in [0, 0.1) is 11.3 Å². The van der Waals surface area contributed by atoms with E-state index >= 15 is 0 Å². The predicted molar refractivity (Wildman–Crippen MR) is 104 cm³/mol. The minimum Gasteiger partial charge on any atom is -0.382 e. The van der Waals surface area contributed by atoms with Crippen molar-refractivity contribution in [1.82, 2.24) is 19.2 Å². The molecule has 146 valence electrons. The van der Waals surface area contributed by atoms with Gasteiger partial charge in [0.15, 0.2) is 5.16 Å². The van der Waals surface area contributed by atoms with Gasteiger partial charge in [0.25, 0.3) is 0 Å². The molecule has 1 amide bonds. The Kier molecular flexibility index (Phi) is 6.13. The molecule has 3 rings (SSSR count). The summed E-state index contributed by atoms with van der Waals surface area (Å²) in [6.07, 6.45) is 1.32. The van der Waals surface area contributed by atoms with Crippen LogP contribution < -0.4 is 5.73 Å². The normalized spacial score (nSPS) is 15.2. The topological polar surface area (TPSA) is 133 Å². The number of nitrogens with zero attached hydrogens (tertiary/aromatic N) is 5. The molecule has 1 aromatic heterocycles. The number of nitrogen functional groups attached to an aromatic ring is 1. The molecule has 1 aliphatic rings. The van der Waals surface area contributed by atoms with Gasteiger partial charge in [-0.25, -0.2) is 18.4 Å². The van der Waals surface area contributed by atoms with Gasteiger partial charge in [-0.15, -0.1) is 0 Å². The van der Waals surface area contributed by atoms with E-state index in [1.807, 2.05) is 6.07 Å². The maximum Gasteiger partial charge on any atom is 0.243 e. The smallest absolute Gasteiger partial charge is 0.243 e. The summed E-state index contributed by atoms with van der Waals surface area (Å²) in [6, 6.07) is 10.1. The van der Waals surface area contributed by atoms with E-state index in [0.717, 1.165) is 11.8 Å². The lowest BCUT2D eigenvalue weighted by molar-refractivity contribution is -0.129. The Hall–Kier alpha value is -2.68. The van der Waals surface area contributed by atoms with Gasteiger partial charge < -0.3 is 10.6 Å². The fourth-order valence-electron chi connectivity index (χ4n) is 2.67. The zero-order chi connectivity index (χ0) is 20.1. The van der Waals surface area contributed by atoms with E-state index in [0.29, 0.717) is 18.2 Å². The van der Waals surface area contributed by atoms with Gasteiger partial charge in [-0.05, 0) is 12.1 Å². The highest BCUT2D eigenvalue weighted by atomic mass is 32.2. The van der Waals surface area contributed by atoms with E-state index in [-0.39, 0.29) is 41.0 Å². The van der Waals surface area contributed by atoms with Gasteiger partial charge in [0.1, 0.15) is 17.5 Å². The van der Waals surface area contributed by atoms with Crippen LogP contribution in [0.5, 0.6) is 0 Å². The lowest BCUT2D eigenvalue weighted by Gasteiger charge is -2.34. The Bertz CT molecular complexity index is 999. The number of sulfonamides is 1. The highest BCUT2D eigenvalue weighted by Gasteiger charge is 2.29. The number of aromatic nitrogens is 2. The van der Waals surface area contributed by atoms with Crippen molar-refractivity contribution >= 4 is 33.5 Å². The minimum absolute atomic E-state index is 0.0761.